The molecule has 2 N–H and O–H groups in total. The smallest absolute Gasteiger partial charge is 0.306 e. The first-order chi connectivity index (χ1) is 8.72. The third-order valence-electron chi connectivity index (χ3n) is 2.25. The van der Waals surface area contributed by atoms with Crippen molar-refractivity contribution in [3.8, 4) is 0 Å². The van der Waals surface area contributed by atoms with Crippen LogP contribution in [0.15, 0.2) is 22.8 Å². The number of rotatable bonds is 9. The molecule has 0 aliphatic rings. The fourth-order valence-electron chi connectivity index (χ4n) is 1.31. The minimum atomic E-state index is -0.613. The van der Waals surface area contributed by atoms with Gasteiger partial charge in [-0.2, -0.15) is 0 Å². The summed E-state index contributed by atoms with van der Waals surface area (Å²) < 4.78 is 14.8. The van der Waals surface area contributed by atoms with Gasteiger partial charge in [-0.15, -0.1) is 0 Å². The molecule has 0 radical (unpaired) electrons. The third kappa shape index (κ3) is 6.39. The second kappa shape index (κ2) is 8.68. The molecule has 0 spiro atoms. The second-order valence-electron chi connectivity index (χ2n) is 3.78. The molecule has 6 nitrogen and oxygen atoms in total. The Morgan fingerprint density at radius 1 is 1.61 bits per heavy atom. The molecule has 0 aliphatic heterocycles. The summed E-state index contributed by atoms with van der Waals surface area (Å²) in [6, 6.07) is 3.59. The molecule has 1 atom stereocenters. The topological polar surface area (TPSA) is 80.9 Å². The number of nitrogens with one attached hydrogen (secondary N) is 1. The number of carbonyl (C=O) groups excluding carboxylic acids is 1. The number of hydrogen-bond donors (Lipinski definition) is 2. The predicted molar refractivity (Wildman–Crippen MR) is 63.9 cm³/mol. The van der Waals surface area contributed by atoms with Crippen LogP contribution in [0.1, 0.15) is 12.2 Å². The van der Waals surface area contributed by atoms with E-state index in [0.717, 1.165) is 5.76 Å². The highest BCUT2D eigenvalue weighted by molar-refractivity contribution is 5.69. The van der Waals surface area contributed by atoms with Crippen LogP contribution in [-0.4, -0.2) is 44.0 Å². The lowest BCUT2D eigenvalue weighted by molar-refractivity contribution is -0.140. The van der Waals surface area contributed by atoms with Gasteiger partial charge in [0.2, 0.25) is 0 Å². The maximum Gasteiger partial charge on any atom is 0.306 e. The molecule has 0 saturated carbocycles. The predicted octanol–water partition coefficient (Wildman–Crippen LogP) is 0.310. The van der Waals surface area contributed by atoms with Gasteiger partial charge in [-0.1, -0.05) is 0 Å². The Labute approximate surface area is 106 Å². The summed E-state index contributed by atoms with van der Waals surface area (Å²) in [6.45, 7) is 1.40. The van der Waals surface area contributed by atoms with Crippen LogP contribution in [0, 0.1) is 0 Å². The molecule has 0 amide bonds. The summed E-state index contributed by atoms with van der Waals surface area (Å²) in [6.07, 6.45) is 1.25. The van der Waals surface area contributed by atoms with Crippen molar-refractivity contribution in [3.63, 3.8) is 0 Å². The second-order valence-corrected chi connectivity index (χ2v) is 3.78. The molecule has 1 rings (SSSR count). The number of carbonyl (C=O) groups is 1. The first-order valence-corrected chi connectivity index (χ1v) is 5.78. The van der Waals surface area contributed by atoms with Crippen LogP contribution >= 0.6 is 0 Å². The summed E-state index contributed by atoms with van der Waals surface area (Å²) in [5, 5.41) is 12.5. The zero-order valence-electron chi connectivity index (χ0n) is 10.4. The third-order valence-corrected chi connectivity index (χ3v) is 2.25. The molecule has 18 heavy (non-hydrogen) atoms. The number of furan rings is 1. The highest BCUT2D eigenvalue weighted by Gasteiger charge is 2.05. The number of aliphatic hydroxyl groups is 1. The molecule has 1 unspecified atom stereocenters. The first-order valence-electron chi connectivity index (χ1n) is 5.78. The van der Waals surface area contributed by atoms with Crippen LogP contribution < -0.4 is 5.32 Å². The lowest BCUT2D eigenvalue weighted by atomic mass is 10.3. The minimum absolute atomic E-state index is 0.214. The Hall–Kier alpha value is -1.37. The van der Waals surface area contributed by atoms with Crippen LogP contribution in [-0.2, 0) is 20.9 Å². The fraction of sp³-hybridized carbons (Fsp3) is 0.583. The number of esters is 1. The Kier molecular flexibility index (Phi) is 7.09. The van der Waals surface area contributed by atoms with Crippen LogP contribution in [0.4, 0.5) is 0 Å². The standard InChI is InChI=1S/C12H19NO5/c1-16-12(15)4-5-13-7-10(14)8-17-9-11-3-2-6-18-11/h2-3,6,10,13-14H,4-5,7-9H2,1H3. The quantitative estimate of drug-likeness (QED) is 0.489. The first kappa shape index (κ1) is 14.7. The van der Waals surface area contributed by atoms with Gasteiger partial charge < -0.3 is 24.3 Å². The molecule has 0 saturated heterocycles. The summed E-state index contributed by atoms with van der Waals surface area (Å²) in [7, 11) is 1.35. The van der Waals surface area contributed by atoms with Crippen molar-refractivity contribution in [3.05, 3.63) is 24.2 Å². The van der Waals surface area contributed by atoms with E-state index in [4.69, 9.17) is 9.15 Å². The summed E-state index contributed by atoms with van der Waals surface area (Å²) in [4.78, 5) is 10.8. The Morgan fingerprint density at radius 2 is 2.44 bits per heavy atom. The molecule has 1 heterocycles. The van der Waals surface area contributed by atoms with Gasteiger partial charge in [0.15, 0.2) is 0 Å². The lowest BCUT2D eigenvalue weighted by Gasteiger charge is -2.11. The van der Waals surface area contributed by atoms with Gasteiger partial charge in [-0.25, -0.2) is 0 Å². The van der Waals surface area contributed by atoms with Crippen molar-refractivity contribution < 1.29 is 23.8 Å². The number of hydrogen-bond acceptors (Lipinski definition) is 6. The average molecular weight is 257 g/mol. The van der Waals surface area contributed by atoms with Gasteiger partial charge in [-0.3, -0.25) is 4.79 Å². The van der Waals surface area contributed by atoms with E-state index in [9.17, 15) is 9.90 Å². The summed E-state index contributed by atoms with van der Waals surface area (Å²) in [5.41, 5.74) is 0. The molecular formula is C12H19NO5. The van der Waals surface area contributed by atoms with Crippen LogP contribution in [0.3, 0.4) is 0 Å². The molecule has 0 bridgehead atoms. The molecule has 0 aromatic carbocycles. The Morgan fingerprint density at radius 3 is 3.11 bits per heavy atom. The molecule has 1 aromatic heterocycles. The van der Waals surface area contributed by atoms with Gasteiger partial charge in [0.05, 0.1) is 32.5 Å². The zero-order valence-corrected chi connectivity index (χ0v) is 10.4. The van der Waals surface area contributed by atoms with Crippen LogP contribution in [0.5, 0.6) is 0 Å². The molecule has 1 aromatic rings. The lowest BCUT2D eigenvalue weighted by Crippen LogP contribution is -2.31. The van der Waals surface area contributed by atoms with E-state index in [-0.39, 0.29) is 19.0 Å². The van der Waals surface area contributed by atoms with Gasteiger partial charge >= 0.3 is 5.97 Å². The van der Waals surface area contributed by atoms with E-state index in [1.165, 1.54) is 7.11 Å². The van der Waals surface area contributed by atoms with E-state index in [0.29, 0.717) is 19.7 Å². The zero-order chi connectivity index (χ0) is 13.2. The SMILES string of the molecule is COC(=O)CCNCC(O)COCc1ccco1. The summed E-state index contributed by atoms with van der Waals surface area (Å²) >= 11 is 0. The monoisotopic (exact) mass is 257 g/mol. The maximum absolute atomic E-state index is 10.8. The van der Waals surface area contributed by atoms with Gasteiger partial charge in [0.1, 0.15) is 12.4 Å². The molecule has 102 valence electrons. The normalized spacial score (nSPS) is 12.3. The molecule has 6 heteroatoms. The Bertz CT molecular complexity index is 325. The van der Waals surface area contributed by atoms with Crippen molar-refractivity contribution >= 4 is 5.97 Å². The average Bonchev–Trinajstić information content (AvgIpc) is 2.87. The van der Waals surface area contributed by atoms with Gasteiger partial charge in [-0.05, 0) is 12.1 Å². The van der Waals surface area contributed by atoms with E-state index >= 15 is 0 Å². The van der Waals surface area contributed by atoms with E-state index in [1.807, 2.05) is 0 Å². The fourth-order valence-corrected chi connectivity index (χ4v) is 1.31. The van der Waals surface area contributed by atoms with E-state index in [2.05, 4.69) is 10.1 Å². The van der Waals surface area contributed by atoms with Crippen LogP contribution in [0.25, 0.3) is 0 Å². The van der Waals surface area contributed by atoms with E-state index in [1.54, 1.807) is 18.4 Å². The maximum atomic E-state index is 10.8. The van der Waals surface area contributed by atoms with Crippen molar-refractivity contribution in [2.24, 2.45) is 0 Å². The number of methoxy groups -OCH3 is 1. The molecular weight excluding hydrogens is 238 g/mol. The van der Waals surface area contributed by atoms with E-state index < -0.39 is 6.10 Å². The summed E-state index contributed by atoms with van der Waals surface area (Å²) in [5.74, 6) is 0.451. The largest absolute Gasteiger partial charge is 0.469 e. The van der Waals surface area contributed by atoms with Crippen molar-refractivity contribution in [2.75, 3.05) is 26.8 Å². The highest BCUT2D eigenvalue weighted by atomic mass is 16.5. The minimum Gasteiger partial charge on any atom is -0.469 e. The van der Waals surface area contributed by atoms with Gasteiger partial charge in [0, 0.05) is 13.1 Å². The molecule has 0 aliphatic carbocycles. The number of ether oxygens (including phenoxy) is 2. The highest BCUT2D eigenvalue weighted by Crippen LogP contribution is 2.01. The van der Waals surface area contributed by atoms with Gasteiger partial charge in [0.25, 0.3) is 0 Å². The van der Waals surface area contributed by atoms with Crippen molar-refractivity contribution in [1.82, 2.24) is 5.32 Å². The van der Waals surface area contributed by atoms with Crippen LogP contribution in [0.2, 0.25) is 0 Å². The Balaban J connectivity index is 1.97. The number of aliphatic hydroxyl groups excluding tert-OH is 1. The van der Waals surface area contributed by atoms with Crippen molar-refractivity contribution in [2.45, 2.75) is 19.1 Å². The van der Waals surface area contributed by atoms with Crippen molar-refractivity contribution in [1.29, 1.82) is 0 Å². The molecule has 0 fully saturated rings.